The van der Waals surface area contributed by atoms with E-state index in [1.54, 1.807) is 12.1 Å². The summed E-state index contributed by atoms with van der Waals surface area (Å²) in [5.41, 5.74) is 0.974. The maximum absolute atomic E-state index is 11.1. The van der Waals surface area contributed by atoms with E-state index in [9.17, 15) is 9.59 Å². The third-order valence-electron chi connectivity index (χ3n) is 1.84. The first-order valence-corrected chi connectivity index (χ1v) is 5.03. The predicted octanol–water partition coefficient (Wildman–Crippen LogP) is 1.99. The molecule has 1 aromatic carbocycles. The van der Waals surface area contributed by atoms with Crippen molar-refractivity contribution in [3.63, 3.8) is 0 Å². The smallest absolute Gasteiger partial charge is 0.337 e. The largest absolute Gasteiger partial charge is 0.480 e. The van der Waals surface area contributed by atoms with Crippen LogP contribution in [0.25, 0.3) is 0 Å². The van der Waals surface area contributed by atoms with E-state index >= 15 is 0 Å². The fourth-order valence-corrected chi connectivity index (χ4v) is 1.35. The van der Waals surface area contributed by atoms with Crippen molar-refractivity contribution >= 4 is 27.9 Å². The zero-order valence-electron chi connectivity index (χ0n) is 7.94. The van der Waals surface area contributed by atoms with E-state index < -0.39 is 16.8 Å². The summed E-state index contributed by atoms with van der Waals surface area (Å²) in [6, 6.07) is 6.19. The molecular weight excluding hydrogens is 264 g/mol. The van der Waals surface area contributed by atoms with Crippen LogP contribution in [0.15, 0.2) is 24.3 Å². The van der Waals surface area contributed by atoms with Gasteiger partial charge in [-0.1, -0.05) is 28.1 Å². The summed E-state index contributed by atoms with van der Waals surface area (Å²) >= 11 is 3.01. The van der Waals surface area contributed by atoms with Gasteiger partial charge in [0.1, 0.15) is 4.83 Å². The lowest BCUT2D eigenvalue weighted by Gasteiger charge is -2.05. The molecule has 0 bridgehead atoms. The number of methoxy groups -OCH3 is 1. The molecular formula is C10H9BrO4. The fourth-order valence-electron chi connectivity index (χ4n) is 1.05. The van der Waals surface area contributed by atoms with E-state index in [2.05, 4.69) is 20.7 Å². The molecule has 0 spiro atoms. The molecule has 0 amide bonds. The maximum atomic E-state index is 11.1. The molecule has 0 aliphatic carbocycles. The number of carbonyl (C=O) groups excluding carboxylic acids is 1. The van der Waals surface area contributed by atoms with E-state index in [0.717, 1.165) is 0 Å². The minimum Gasteiger partial charge on any atom is -0.480 e. The lowest BCUT2D eigenvalue weighted by atomic mass is 10.1. The summed E-state index contributed by atoms with van der Waals surface area (Å²) in [7, 11) is 1.29. The molecule has 0 saturated carbocycles. The van der Waals surface area contributed by atoms with E-state index in [4.69, 9.17) is 5.11 Å². The highest BCUT2D eigenvalue weighted by atomic mass is 79.9. The quantitative estimate of drug-likeness (QED) is 0.675. The number of rotatable bonds is 3. The van der Waals surface area contributed by atoms with Crippen LogP contribution >= 0.6 is 15.9 Å². The van der Waals surface area contributed by atoms with Crippen LogP contribution in [0.2, 0.25) is 0 Å². The second-order valence-corrected chi connectivity index (χ2v) is 3.73. The van der Waals surface area contributed by atoms with Crippen molar-refractivity contribution in [1.82, 2.24) is 0 Å². The van der Waals surface area contributed by atoms with Gasteiger partial charge in [0.25, 0.3) is 0 Å². The van der Waals surface area contributed by atoms with Gasteiger partial charge < -0.3 is 9.84 Å². The van der Waals surface area contributed by atoms with Crippen LogP contribution in [-0.4, -0.2) is 24.2 Å². The van der Waals surface area contributed by atoms with E-state index in [1.165, 1.54) is 19.2 Å². The van der Waals surface area contributed by atoms with Gasteiger partial charge in [-0.05, 0) is 17.7 Å². The number of halogens is 1. The van der Waals surface area contributed by atoms with Gasteiger partial charge in [0, 0.05) is 0 Å². The molecule has 1 N–H and O–H groups in total. The van der Waals surface area contributed by atoms with Gasteiger partial charge in [0.15, 0.2) is 0 Å². The first-order valence-electron chi connectivity index (χ1n) is 4.11. The Morgan fingerprint density at radius 2 is 1.87 bits per heavy atom. The normalized spacial score (nSPS) is 11.9. The number of ether oxygens (including phenoxy) is 1. The number of aliphatic carboxylic acids is 1. The maximum Gasteiger partial charge on any atom is 0.337 e. The Hall–Kier alpha value is -1.36. The number of hydrogen-bond donors (Lipinski definition) is 1. The number of carboxylic acids is 1. The van der Waals surface area contributed by atoms with Crippen molar-refractivity contribution in [2.45, 2.75) is 4.83 Å². The molecule has 0 aliphatic heterocycles. The van der Waals surface area contributed by atoms with Crippen molar-refractivity contribution in [3.8, 4) is 0 Å². The molecule has 0 aliphatic rings. The number of hydrogen-bond acceptors (Lipinski definition) is 3. The van der Waals surface area contributed by atoms with Crippen LogP contribution in [0.5, 0.6) is 0 Å². The molecule has 0 unspecified atom stereocenters. The number of alkyl halides is 1. The fraction of sp³-hybridized carbons (Fsp3) is 0.200. The predicted molar refractivity (Wildman–Crippen MR) is 57.1 cm³/mol. The Morgan fingerprint density at radius 3 is 2.27 bits per heavy atom. The Labute approximate surface area is 95.0 Å². The Morgan fingerprint density at radius 1 is 1.33 bits per heavy atom. The lowest BCUT2D eigenvalue weighted by molar-refractivity contribution is -0.136. The highest BCUT2D eigenvalue weighted by Gasteiger charge is 2.15. The Bertz CT molecular complexity index is 372. The first-order chi connectivity index (χ1) is 7.06. The third kappa shape index (κ3) is 2.79. The van der Waals surface area contributed by atoms with Crippen molar-refractivity contribution in [2.75, 3.05) is 7.11 Å². The molecule has 1 atom stereocenters. The van der Waals surface area contributed by atoms with Crippen LogP contribution in [0.4, 0.5) is 0 Å². The molecule has 4 nitrogen and oxygen atoms in total. The second kappa shape index (κ2) is 4.93. The van der Waals surface area contributed by atoms with E-state index in [1.807, 2.05) is 0 Å². The lowest BCUT2D eigenvalue weighted by Crippen LogP contribution is -2.05. The summed E-state index contributed by atoms with van der Waals surface area (Å²) in [5.74, 6) is -1.41. The van der Waals surface area contributed by atoms with Crippen LogP contribution in [0, 0.1) is 0 Å². The zero-order chi connectivity index (χ0) is 11.4. The van der Waals surface area contributed by atoms with Crippen molar-refractivity contribution < 1.29 is 19.4 Å². The average molecular weight is 273 g/mol. The number of carbonyl (C=O) groups is 2. The molecule has 15 heavy (non-hydrogen) atoms. The van der Waals surface area contributed by atoms with Crippen molar-refractivity contribution in [1.29, 1.82) is 0 Å². The van der Waals surface area contributed by atoms with Crippen LogP contribution < -0.4 is 0 Å². The highest BCUT2D eigenvalue weighted by Crippen LogP contribution is 2.23. The molecule has 5 heteroatoms. The number of benzene rings is 1. The van der Waals surface area contributed by atoms with E-state index in [0.29, 0.717) is 11.1 Å². The van der Waals surface area contributed by atoms with Crippen LogP contribution in [-0.2, 0) is 9.53 Å². The molecule has 0 aromatic heterocycles. The third-order valence-corrected chi connectivity index (χ3v) is 2.76. The number of carboxylic acid groups (broad SMARTS) is 1. The SMILES string of the molecule is COC(=O)c1ccc([C@@H](Br)C(=O)O)cc1. The van der Waals surface area contributed by atoms with Gasteiger partial charge in [0.2, 0.25) is 0 Å². The molecule has 0 heterocycles. The zero-order valence-corrected chi connectivity index (χ0v) is 9.52. The minimum atomic E-state index is -0.971. The molecule has 0 radical (unpaired) electrons. The summed E-state index contributed by atoms with van der Waals surface area (Å²) < 4.78 is 4.52. The summed E-state index contributed by atoms with van der Waals surface area (Å²) in [6.07, 6.45) is 0. The summed E-state index contributed by atoms with van der Waals surface area (Å²) in [5, 5.41) is 8.72. The minimum absolute atomic E-state index is 0.395. The van der Waals surface area contributed by atoms with Crippen LogP contribution in [0.1, 0.15) is 20.7 Å². The molecule has 80 valence electrons. The standard InChI is InChI=1S/C10H9BrO4/c1-15-10(14)7-4-2-6(3-5-7)8(11)9(12)13/h2-5,8H,1H3,(H,12,13)/t8-/m1/s1. The van der Waals surface area contributed by atoms with Gasteiger partial charge in [-0.25, -0.2) is 4.79 Å². The summed E-state index contributed by atoms with van der Waals surface area (Å²) in [6.45, 7) is 0. The van der Waals surface area contributed by atoms with Gasteiger partial charge in [0.05, 0.1) is 12.7 Å². The molecule has 0 saturated heterocycles. The van der Waals surface area contributed by atoms with Gasteiger partial charge in [-0.2, -0.15) is 0 Å². The van der Waals surface area contributed by atoms with Crippen molar-refractivity contribution in [3.05, 3.63) is 35.4 Å². The average Bonchev–Trinajstić information content (AvgIpc) is 2.27. The van der Waals surface area contributed by atoms with Gasteiger partial charge >= 0.3 is 11.9 Å². The van der Waals surface area contributed by atoms with Gasteiger partial charge in [-0.3, -0.25) is 4.79 Å². The number of esters is 1. The Balaban J connectivity index is 2.90. The molecule has 1 rings (SSSR count). The molecule has 1 aromatic rings. The Kier molecular flexibility index (Phi) is 3.85. The monoisotopic (exact) mass is 272 g/mol. The van der Waals surface area contributed by atoms with Crippen molar-refractivity contribution in [2.24, 2.45) is 0 Å². The molecule has 0 fully saturated rings. The highest BCUT2D eigenvalue weighted by molar-refractivity contribution is 9.09. The summed E-state index contributed by atoms with van der Waals surface area (Å²) in [4.78, 5) is 21.0. The van der Waals surface area contributed by atoms with E-state index in [-0.39, 0.29) is 0 Å². The van der Waals surface area contributed by atoms with Crippen LogP contribution in [0.3, 0.4) is 0 Å². The first kappa shape index (κ1) is 11.7. The van der Waals surface area contributed by atoms with Gasteiger partial charge in [-0.15, -0.1) is 0 Å². The topological polar surface area (TPSA) is 63.6 Å². The second-order valence-electron chi connectivity index (χ2n) is 2.81.